The molecular formula is C18H15N5O5. The van der Waals surface area contributed by atoms with Crippen LogP contribution in [0.15, 0.2) is 48.5 Å². The first-order chi connectivity index (χ1) is 13.4. The van der Waals surface area contributed by atoms with Crippen LogP contribution in [-0.4, -0.2) is 44.2 Å². The topological polar surface area (TPSA) is 147 Å². The number of methoxy groups -OCH3 is 1. The van der Waals surface area contributed by atoms with Gasteiger partial charge in [0, 0.05) is 11.4 Å². The molecule has 0 unspecified atom stereocenters. The minimum Gasteiger partial charge on any atom is -0.478 e. The van der Waals surface area contributed by atoms with Gasteiger partial charge in [-0.3, -0.25) is 0 Å². The first-order valence-electron chi connectivity index (χ1n) is 7.95. The van der Waals surface area contributed by atoms with Crippen LogP contribution in [0.25, 0.3) is 0 Å². The molecule has 4 N–H and O–H groups in total. The molecule has 0 radical (unpaired) electrons. The summed E-state index contributed by atoms with van der Waals surface area (Å²) >= 11 is 0. The molecule has 0 atom stereocenters. The van der Waals surface area contributed by atoms with Gasteiger partial charge >= 0.3 is 17.9 Å². The Morgan fingerprint density at radius 3 is 1.46 bits per heavy atom. The predicted molar refractivity (Wildman–Crippen MR) is 99.7 cm³/mol. The summed E-state index contributed by atoms with van der Waals surface area (Å²) in [7, 11) is 1.41. The molecule has 0 fully saturated rings. The van der Waals surface area contributed by atoms with Crippen LogP contribution in [0.5, 0.6) is 6.01 Å². The lowest BCUT2D eigenvalue weighted by atomic mass is 10.2. The summed E-state index contributed by atoms with van der Waals surface area (Å²) < 4.78 is 5.07. The van der Waals surface area contributed by atoms with Gasteiger partial charge in [0.1, 0.15) is 0 Å². The molecule has 0 saturated carbocycles. The van der Waals surface area contributed by atoms with Crippen molar-refractivity contribution in [2.45, 2.75) is 0 Å². The third-order valence-electron chi connectivity index (χ3n) is 3.57. The number of aromatic nitrogens is 3. The van der Waals surface area contributed by atoms with Crippen LogP contribution in [0.1, 0.15) is 20.7 Å². The first-order valence-corrected chi connectivity index (χ1v) is 7.95. The number of carboxylic acids is 2. The Kier molecular flexibility index (Phi) is 5.30. The van der Waals surface area contributed by atoms with E-state index in [1.165, 1.54) is 31.4 Å². The summed E-state index contributed by atoms with van der Waals surface area (Å²) in [4.78, 5) is 34.3. The number of benzene rings is 2. The monoisotopic (exact) mass is 381 g/mol. The van der Waals surface area contributed by atoms with E-state index >= 15 is 0 Å². The second kappa shape index (κ2) is 7.99. The lowest BCUT2D eigenvalue weighted by Crippen LogP contribution is -2.06. The Hall–Kier alpha value is -4.21. The van der Waals surface area contributed by atoms with Crippen LogP contribution in [0.2, 0.25) is 0 Å². The Morgan fingerprint density at radius 2 is 1.14 bits per heavy atom. The Labute approximate surface area is 158 Å². The molecule has 3 rings (SSSR count). The van der Waals surface area contributed by atoms with E-state index in [-0.39, 0.29) is 29.0 Å². The summed E-state index contributed by atoms with van der Waals surface area (Å²) in [6.45, 7) is 0. The second-order valence-corrected chi connectivity index (χ2v) is 5.48. The number of nitrogens with one attached hydrogen (secondary N) is 2. The third kappa shape index (κ3) is 4.49. The average molecular weight is 381 g/mol. The molecule has 3 aromatic rings. The fraction of sp³-hybridized carbons (Fsp3) is 0.0556. The number of rotatable bonds is 7. The SMILES string of the molecule is COc1nc(Nc2ccc(C(=O)O)cc2)nc(Nc2ccc(C(=O)O)cc2)n1. The van der Waals surface area contributed by atoms with E-state index in [1.54, 1.807) is 24.3 Å². The zero-order valence-electron chi connectivity index (χ0n) is 14.6. The molecule has 0 aliphatic carbocycles. The first kappa shape index (κ1) is 18.6. The van der Waals surface area contributed by atoms with Crippen molar-refractivity contribution in [3.63, 3.8) is 0 Å². The molecule has 142 valence electrons. The molecule has 0 aliphatic rings. The number of hydrogen-bond donors (Lipinski definition) is 4. The molecule has 10 nitrogen and oxygen atoms in total. The maximum Gasteiger partial charge on any atom is 0.335 e. The standard InChI is InChI=1S/C18H15N5O5/c1-28-18-22-16(19-12-6-2-10(3-7-12)14(24)25)21-17(23-18)20-13-8-4-11(5-9-13)15(26)27/h2-9H,1H3,(H,24,25)(H,26,27)(H2,19,20,21,22,23). The number of carbonyl (C=O) groups is 2. The molecule has 0 saturated heterocycles. The lowest BCUT2D eigenvalue weighted by molar-refractivity contribution is 0.0686. The maximum absolute atomic E-state index is 10.9. The largest absolute Gasteiger partial charge is 0.478 e. The van der Waals surface area contributed by atoms with Crippen molar-refractivity contribution in [3.8, 4) is 6.01 Å². The van der Waals surface area contributed by atoms with Crippen molar-refractivity contribution in [2.24, 2.45) is 0 Å². The van der Waals surface area contributed by atoms with Crippen molar-refractivity contribution in [3.05, 3.63) is 59.7 Å². The van der Waals surface area contributed by atoms with E-state index in [2.05, 4.69) is 25.6 Å². The Morgan fingerprint density at radius 1 is 0.750 bits per heavy atom. The molecule has 0 spiro atoms. The van der Waals surface area contributed by atoms with Gasteiger partial charge in [-0.05, 0) is 48.5 Å². The molecule has 1 aromatic heterocycles. The van der Waals surface area contributed by atoms with Gasteiger partial charge in [0.05, 0.1) is 18.2 Å². The van der Waals surface area contributed by atoms with Crippen LogP contribution < -0.4 is 15.4 Å². The number of hydrogen-bond acceptors (Lipinski definition) is 8. The highest BCUT2D eigenvalue weighted by molar-refractivity contribution is 5.88. The quantitative estimate of drug-likeness (QED) is 0.481. The number of nitrogens with zero attached hydrogens (tertiary/aromatic N) is 3. The predicted octanol–water partition coefficient (Wildman–Crippen LogP) is 2.76. The molecule has 10 heteroatoms. The average Bonchev–Trinajstić information content (AvgIpc) is 2.68. The molecular weight excluding hydrogens is 366 g/mol. The molecule has 0 aliphatic heterocycles. The Bertz CT molecular complexity index is 928. The van der Waals surface area contributed by atoms with E-state index in [1.807, 2.05) is 0 Å². The second-order valence-electron chi connectivity index (χ2n) is 5.48. The molecule has 0 amide bonds. The van der Waals surface area contributed by atoms with Gasteiger partial charge in [-0.2, -0.15) is 15.0 Å². The van der Waals surface area contributed by atoms with E-state index in [0.717, 1.165) is 0 Å². The number of anilines is 4. The van der Waals surface area contributed by atoms with Crippen molar-refractivity contribution in [1.82, 2.24) is 15.0 Å². The fourth-order valence-corrected chi connectivity index (χ4v) is 2.21. The van der Waals surface area contributed by atoms with Crippen LogP contribution >= 0.6 is 0 Å². The molecule has 0 bridgehead atoms. The van der Waals surface area contributed by atoms with Crippen molar-refractivity contribution in [1.29, 1.82) is 0 Å². The van der Waals surface area contributed by atoms with E-state index in [4.69, 9.17) is 14.9 Å². The number of aromatic carboxylic acids is 2. The maximum atomic E-state index is 10.9. The highest BCUT2D eigenvalue weighted by Crippen LogP contribution is 2.20. The van der Waals surface area contributed by atoms with Crippen LogP contribution in [0.4, 0.5) is 23.3 Å². The van der Waals surface area contributed by atoms with Gasteiger partial charge in [0.15, 0.2) is 0 Å². The number of carboxylic acid groups (broad SMARTS) is 2. The highest BCUT2D eigenvalue weighted by atomic mass is 16.5. The molecule has 2 aromatic carbocycles. The van der Waals surface area contributed by atoms with Gasteiger partial charge in [0.25, 0.3) is 0 Å². The van der Waals surface area contributed by atoms with Gasteiger partial charge in [-0.1, -0.05) is 0 Å². The lowest BCUT2D eigenvalue weighted by Gasteiger charge is -2.10. The van der Waals surface area contributed by atoms with E-state index < -0.39 is 11.9 Å². The Balaban J connectivity index is 1.81. The fourth-order valence-electron chi connectivity index (χ4n) is 2.21. The summed E-state index contributed by atoms with van der Waals surface area (Å²) in [6, 6.07) is 12.2. The van der Waals surface area contributed by atoms with Gasteiger partial charge in [-0.25, -0.2) is 9.59 Å². The third-order valence-corrected chi connectivity index (χ3v) is 3.57. The van der Waals surface area contributed by atoms with Gasteiger partial charge in [0.2, 0.25) is 11.9 Å². The zero-order chi connectivity index (χ0) is 20.1. The summed E-state index contributed by atoms with van der Waals surface area (Å²) in [6.07, 6.45) is 0. The summed E-state index contributed by atoms with van der Waals surface area (Å²) in [5.74, 6) is -1.68. The minimum atomic E-state index is -1.02. The van der Waals surface area contributed by atoms with E-state index in [0.29, 0.717) is 11.4 Å². The van der Waals surface area contributed by atoms with E-state index in [9.17, 15) is 9.59 Å². The van der Waals surface area contributed by atoms with Crippen molar-refractivity contribution < 1.29 is 24.5 Å². The van der Waals surface area contributed by atoms with Gasteiger partial charge in [-0.15, -0.1) is 0 Å². The van der Waals surface area contributed by atoms with Crippen LogP contribution in [-0.2, 0) is 0 Å². The van der Waals surface area contributed by atoms with Crippen molar-refractivity contribution >= 4 is 35.2 Å². The number of ether oxygens (including phenoxy) is 1. The molecule has 28 heavy (non-hydrogen) atoms. The van der Waals surface area contributed by atoms with Crippen LogP contribution in [0.3, 0.4) is 0 Å². The minimum absolute atomic E-state index is 0.0595. The van der Waals surface area contributed by atoms with Gasteiger partial charge < -0.3 is 25.6 Å². The summed E-state index contributed by atoms with van der Waals surface area (Å²) in [5.41, 5.74) is 1.47. The summed E-state index contributed by atoms with van der Waals surface area (Å²) in [5, 5.41) is 23.8. The zero-order valence-corrected chi connectivity index (χ0v) is 14.6. The highest BCUT2D eigenvalue weighted by Gasteiger charge is 2.09. The molecule has 1 heterocycles. The van der Waals surface area contributed by atoms with Crippen molar-refractivity contribution in [2.75, 3.05) is 17.7 Å². The normalized spacial score (nSPS) is 10.2. The van der Waals surface area contributed by atoms with Crippen LogP contribution in [0, 0.1) is 0 Å². The smallest absolute Gasteiger partial charge is 0.335 e.